The number of carbonyl (C=O) groups is 6. The SMILES string of the molecule is COc1cc(C(=O)N[C@H]2CCN(C(=O)CO)c3ccccc3N(CC(=O)N[C@H](C=O)CC(=O)O)C2=O)ccc1O. The number of phenolic OH excluding ortho intramolecular Hbond substituents is 1. The number of fused-ring (bicyclic) bond motifs is 1. The number of hydrogen-bond donors (Lipinski definition) is 5. The second-order valence-electron chi connectivity index (χ2n) is 8.73. The lowest BCUT2D eigenvalue weighted by Crippen LogP contribution is -2.55. The zero-order valence-corrected chi connectivity index (χ0v) is 21.4. The Morgan fingerprint density at radius 3 is 2.48 bits per heavy atom. The minimum atomic E-state index is -1.35. The molecule has 0 radical (unpaired) electrons. The van der Waals surface area contributed by atoms with Crippen LogP contribution in [0.4, 0.5) is 11.4 Å². The number of aliphatic hydroxyl groups excluding tert-OH is 1. The maximum atomic E-state index is 13.8. The predicted molar refractivity (Wildman–Crippen MR) is 139 cm³/mol. The number of para-hydroxylation sites is 2. The van der Waals surface area contributed by atoms with Gasteiger partial charge in [0.2, 0.25) is 11.8 Å². The fraction of sp³-hybridized carbons (Fsp3) is 0.308. The first-order valence-corrected chi connectivity index (χ1v) is 12.1. The second kappa shape index (κ2) is 13.2. The van der Waals surface area contributed by atoms with Gasteiger partial charge in [-0.3, -0.25) is 28.9 Å². The Morgan fingerprint density at radius 2 is 1.85 bits per heavy atom. The number of nitrogens with zero attached hydrogens (tertiary/aromatic N) is 2. The standard InChI is InChI=1S/C26H28N4O10/c1-40-21-10-15(6-7-20(21)33)25(38)28-17-8-9-29(23(35)14-32)18-4-2-3-5-19(18)30(26(17)39)12-22(34)27-16(13-31)11-24(36)37/h2-7,10,13,16-17,32-33H,8-9,11-12,14H2,1H3,(H,27,34)(H,28,38)(H,36,37)/t16-,17-/m0/s1. The van der Waals surface area contributed by atoms with E-state index in [1.807, 2.05) is 0 Å². The molecule has 212 valence electrons. The van der Waals surface area contributed by atoms with Gasteiger partial charge in [0.25, 0.3) is 11.8 Å². The summed E-state index contributed by atoms with van der Waals surface area (Å²) in [4.78, 5) is 76.8. The van der Waals surface area contributed by atoms with Gasteiger partial charge in [0.05, 0.1) is 30.9 Å². The van der Waals surface area contributed by atoms with Crippen LogP contribution >= 0.6 is 0 Å². The summed E-state index contributed by atoms with van der Waals surface area (Å²) in [6.07, 6.45) is -0.521. The van der Waals surface area contributed by atoms with Crippen molar-refractivity contribution in [3.63, 3.8) is 0 Å². The van der Waals surface area contributed by atoms with Crippen LogP contribution in [0.3, 0.4) is 0 Å². The summed E-state index contributed by atoms with van der Waals surface area (Å²) in [5, 5.41) is 33.2. The second-order valence-corrected chi connectivity index (χ2v) is 8.73. The number of aromatic hydroxyl groups is 1. The minimum Gasteiger partial charge on any atom is -0.504 e. The molecular weight excluding hydrogens is 528 g/mol. The number of carbonyl (C=O) groups excluding carboxylic acids is 5. The number of aldehydes is 1. The van der Waals surface area contributed by atoms with Gasteiger partial charge >= 0.3 is 5.97 Å². The third kappa shape index (κ3) is 6.91. The first-order chi connectivity index (χ1) is 19.1. The Balaban J connectivity index is 1.98. The molecule has 2 aromatic rings. The van der Waals surface area contributed by atoms with Crippen LogP contribution in [0.5, 0.6) is 11.5 Å². The highest BCUT2D eigenvalue weighted by atomic mass is 16.5. The van der Waals surface area contributed by atoms with Crippen molar-refractivity contribution in [3.8, 4) is 11.5 Å². The molecule has 5 N–H and O–H groups in total. The molecule has 0 spiro atoms. The predicted octanol–water partition coefficient (Wildman–Crippen LogP) is -0.580. The number of methoxy groups -OCH3 is 1. The number of aliphatic hydroxyl groups is 1. The topological polar surface area (TPSA) is 203 Å². The molecule has 0 saturated heterocycles. The zero-order valence-electron chi connectivity index (χ0n) is 21.4. The van der Waals surface area contributed by atoms with Crippen LogP contribution in [-0.2, 0) is 24.0 Å². The maximum absolute atomic E-state index is 13.8. The number of anilines is 2. The molecule has 4 amide bonds. The van der Waals surface area contributed by atoms with Crippen molar-refractivity contribution in [3.05, 3.63) is 48.0 Å². The number of benzene rings is 2. The summed E-state index contributed by atoms with van der Waals surface area (Å²) >= 11 is 0. The number of carboxylic acid groups (broad SMARTS) is 1. The van der Waals surface area contributed by atoms with E-state index in [1.165, 1.54) is 42.3 Å². The van der Waals surface area contributed by atoms with Gasteiger partial charge in [-0.15, -0.1) is 0 Å². The summed E-state index contributed by atoms with van der Waals surface area (Å²) in [6, 6.07) is 7.32. The lowest BCUT2D eigenvalue weighted by Gasteiger charge is -2.35. The monoisotopic (exact) mass is 556 g/mol. The summed E-state index contributed by atoms with van der Waals surface area (Å²) < 4.78 is 5.02. The zero-order chi connectivity index (χ0) is 29.4. The number of hydrogen-bond acceptors (Lipinski definition) is 9. The lowest BCUT2D eigenvalue weighted by atomic mass is 10.1. The molecule has 0 saturated carbocycles. The van der Waals surface area contributed by atoms with Crippen molar-refractivity contribution >= 4 is 47.3 Å². The van der Waals surface area contributed by atoms with E-state index < -0.39 is 61.3 Å². The van der Waals surface area contributed by atoms with E-state index in [2.05, 4.69) is 10.6 Å². The molecule has 0 fully saturated rings. The lowest BCUT2D eigenvalue weighted by molar-refractivity contribution is -0.139. The van der Waals surface area contributed by atoms with Gasteiger partial charge < -0.3 is 40.4 Å². The van der Waals surface area contributed by atoms with Crippen LogP contribution < -0.4 is 25.2 Å². The smallest absolute Gasteiger partial charge is 0.305 e. The third-order valence-corrected chi connectivity index (χ3v) is 6.06. The van der Waals surface area contributed by atoms with Crippen molar-refractivity contribution in [2.45, 2.75) is 24.9 Å². The Hall–Kier alpha value is -4.98. The molecule has 0 bridgehead atoms. The van der Waals surface area contributed by atoms with Gasteiger partial charge in [-0.2, -0.15) is 0 Å². The van der Waals surface area contributed by atoms with E-state index in [-0.39, 0.29) is 47.7 Å². The van der Waals surface area contributed by atoms with E-state index in [0.29, 0.717) is 0 Å². The molecule has 1 heterocycles. The number of nitrogens with one attached hydrogen (secondary N) is 2. The largest absolute Gasteiger partial charge is 0.504 e. The highest BCUT2D eigenvalue weighted by Gasteiger charge is 2.35. The van der Waals surface area contributed by atoms with E-state index in [0.717, 1.165) is 4.90 Å². The van der Waals surface area contributed by atoms with E-state index >= 15 is 0 Å². The molecule has 1 aliphatic heterocycles. The Bertz CT molecular complexity index is 1310. The average molecular weight is 557 g/mol. The van der Waals surface area contributed by atoms with Crippen molar-refractivity contribution < 1.29 is 48.8 Å². The summed E-state index contributed by atoms with van der Waals surface area (Å²) in [7, 11) is 1.30. The molecule has 0 unspecified atom stereocenters. The van der Waals surface area contributed by atoms with Crippen LogP contribution in [0.1, 0.15) is 23.2 Å². The van der Waals surface area contributed by atoms with Crippen molar-refractivity contribution in [2.75, 3.05) is 36.6 Å². The molecule has 14 heteroatoms. The van der Waals surface area contributed by atoms with Crippen LogP contribution in [0.25, 0.3) is 0 Å². The molecule has 14 nitrogen and oxygen atoms in total. The Morgan fingerprint density at radius 1 is 1.15 bits per heavy atom. The number of ether oxygens (including phenoxy) is 1. The molecule has 2 atom stereocenters. The fourth-order valence-corrected chi connectivity index (χ4v) is 4.15. The first kappa shape index (κ1) is 29.6. The van der Waals surface area contributed by atoms with Gasteiger partial charge in [0.15, 0.2) is 11.5 Å². The molecule has 0 aromatic heterocycles. The van der Waals surface area contributed by atoms with Gasteiger partial charge in [0.1, 0.15) is 25.5 Å². The number of phenols is 1. The van der Waals surface area contributed by atoms with Gasteiger partial charge in [-0.1, -0.05) is 12.1 Å². The first-order valence-electron chi connectivity index (χ1n) is 12.1. The minimum absolute atomic E-state index is 0.0229. The third-order valence-electron chi connectivity index (χ3n) is 6.06. The highest BCUT2D eigenvalue weighted by Crippen LogP contribution is 2.32. The maximum Gasteiger partial charge on any atom is 0.305 e. The summed E-state index contributed by atoms with van der Waals surface area (Å²) in [6.45, 7) is -1.60. The number of aliphatic carboxylic acids is 1. The van der Waals surface area contributed by atoms with Crippen LogP contribution in [0, 0.1) is 0 Å². The van der Waals surface area contributed by atoms with E-state index in [9.17, 15) is 39.0 Å². The quantitative estimate of drug-likeness (QED) is 0.236. The molecule has 2 aromatic carbocycles. The van der Waals surface area contributed by atoms with Gasteiger partial charge in [-0.25, -0.2) is 0 Å². The van der Waals surface area contributed by atoms with Crippen LogP contribution in [-0.4, -0.2) is 90.1 Å². The van der Waals surface area contributed by atoms with Gasteiger partial charge in [-0.05, 0) is 36.8 Å². The van der Waals surface area contributed by atoms with Crippen LogP contribution in [0.15, 0.2) is 42.5 Å². The number of rotatable bonds is 10. The Labute approximate surface area is 228 Å². The highest BCUT2D eigenvalue weighted by molar-refractivity contribution is 6.09. The number of carboxylic acids is 1. The molecule has 40 heavy (non-hydrogen) atoms. The van der Waals surface area contributed by atoms with Crippen molar-refractivity contribution in [1.29, 1.82) is 0 Å². The van der Waals surface area contributed by atoms with Crippen molar-refractivity contribution in [2.24, 2.45) is 0 Å². The Kier molecular flexibility index (Phi) is 9.76. The van der Waals surface area contributed by atoms with E-state index in [4.69, 9.17) is 9.84 Å². The molecular formula is C26H28N4O10. The summed E-state index contributed by atoms with van der Waals surface area (Å²) in [5.74, 6) is -4.50. The molecule has 3 rings (SSSR count). The fourth-order valence-electron chi connectivity index (χ4n) is 4.15. The molecule has 1 aliphatic rings. The van der Waals surface area contributed by atoms with E-state index in [1.54, 1.807) is 12.1 Å². The molecule has 0 aliphatic carbocycles. The normalized spacial score (nSPS) is 15.7. The van der Waals surface area contributed by atoms with Crippen molar-refractivity contribution in [1.82, 2.24) is 10.6 Å². The number of amides is 4. The van der Waals surface area contributed by atoms with Crippen LogP contribution in [0.2, 0.25) is 0 Å². The van der Waals surface area contributed by atoms with Gasteiger partial charge in [0, 0.05) is 12.1 Å². The average Bonchev–Trinajstić information content (AvgIpc) is 2.94. The summed E-state index contributed by atoms with van der Waals surface area (Å²) in [5.41, 5.74) is 0.379.